The molecule has 0 aliphatic heterocycles. The molecule has 37 heavy (non-hydrogen) atoms. The van der Waals surface area contributed by atoms with Crippen molar-refractivity contribution in [2.75, 3.05) is 0 Å². The number of nitrogens with zero attached hydrogens (tertiary/aromatic N) is 1. The lowest BCUT2D eigenvalue weighted by atomic mass is 9.93. The second-order valence-electron chi connectivity index (χ2n) is 9.86. The smallest absolute Gasteiger partial charge is 0.314 e. The molecule has 0 unspecified atom stereocenters. The van der Waals surface area contributed by atoms with Crippen LogP contribution in [0.2, 0.25) is 0 Å². The van der Waals surface area contributed by atoms with Crippen molar-refractivity contribution >= 4 is 5.97 Å². The van der Waals surface area contributed by atoms with Gasteiger partial charge in [-0.15, -0.1) is 0 Å². The minimum Gasteiger partial charge on any atom is -0.481 e. The van der Waals surface area contributed by atoms with Crippen LogP contribution in [-0.4, -0.2) is 16.2 Å². The van der Waals surface area contributed by atoms with Crippen LogP contribution in [0.4, 0.5) is 0 Å². The van der Waals surface area contributed by atoms with Gasteiger partial charge in [-0.3, -0.25) is 4.79 Å². The molecule has 1 aliphatic carbocycles. The number of carboxylic acid groups (broad SMARTS) is 1. The van der Waals surface area contributed by atoms with Crippen LogP contribution in [-0.2, 0) is 16.6 Å². The van der Waals surface area contributed by atoms with E-state index in [0.29, 0.717) is 12.8 Å². The fourth-order valence-electron chi connectivity index (χ4n) is 5.07. The molecule has 4 nitrogen and oxygen atoms in total. The Morgan fingerprint density at radius 3 is 2.03 bits per heavy atom. The Morgan fingerprint density at radius 2 is 1.38 bits per heavy atom. The van der Waals surface area contributed by atoms with Crippen molar-refractivity contribution in [1.82, 2.24) is 5.16 Å². The first-order chi connectivity index (χ1) is 18.0. The van der Waals surface area contributed by atoms with E-state index < -0.39 is 11.4 Å². The fraction of sp³-hybridized carbons (Fsp3) is 0.152. The number of benzene rings is 4. The van der Waals surface area contributed by atoms with Crippen LogP contribution in [0.3, 0.4) is 0 Å². The highest BCUT2D eigenvalue weighted by Crippen LogP contribution is 2.48. The molecule has 6 rings (SSSR count). The lowest BCUT2D eigenvalue weighted by molar-refractivity contribution is -0.140. The molecule has 1 N–H and O–H groups in total. The van der Waals surface area contributed by atoms with Gasteiger partial charge in [0, 0.05) is 17.5 Å². The van der Waals surface area contributed by atoms with Crippen molar-refractivity contribution in [3.8, 4) is 33.6 Å². The highest BCUT2D eigenvalue weighted by atomic mass is 16.5. The third kappa shape index (κ3) is 4.36. The maximum Gasteiger partial charge on any atom is 0.314 e. The molecule has 0 amide bonds. The van der Waals surface area contributed by atoms with Gasteiger partial charge in [0.1, 0.15) is 0 Å². The van der Waals surface area contributed by atoms with Gasteiger partial charge in [-0.1, -0.05) is 108 Å². The van der Waals surface area contributed by atoms with Crippen LogP contribution in [0.1, 0.15) is 35.2 Å². The largest absolute Gasteiger partial charge is 0.481 e. The first-order valence-corrected chi connectivity index (χ1v) is 12.6. The third-order valence-corrected chi connectivity index (χ3v) is 7.48. The average molecular weight is 486 g/mol. The summed E-state index contributed by atoms with van der Waals surface area (Å²) in [4.78, 5) is 11.6. The van der Waals surface area contributed by atoms with Crippen molar-refractivity contribution in [2.45, 2.75) is 31.6 Å². The predicted molar refractivity (Wildman–Crippen MR) is 145 cm³/mol. The minimum atomic E-state index is -0.727. The summed E-state index contributed by atoms with van der Waals surface area (Å²) in [6, 6.07) is 35.2. The van der Waals surface area contributed by atoms with E-state index in [1.54, 1.807) is 0 Å². The van der Waals surface area contributed by atoms with Gasteiger partial charge in [0.15, 0.2) is 5.76 Å². The van der Waals surface area contributed by atoms with Gasteiger partial charge in [-0.25, -0.2) is 0 Å². The van der Waals surface area contributed by atoms with E-state index in [9.17, 15) is 9.90 Å². The third-order valence-electron chi connectivity index (χ3n) is 7.48. The molecule has 182 valence electrons. The van der Waals surface area contributed by atoms with Crippen molar-refractivity contribution in [1.29, 1.82) is 0 Å². The summed E-state index contributed by atoms with van der Waals surface area (Å²) in [7, 11) is 0. The van der Waals surface area contributed by atoms with E-state index in [1.165, 1.54) is 16.7 Å². The van der Waals surface area contributed by atoms with Crippen LogP contribution in [0, 0.1) is 6.92 Å². The number of hydrogen-bond donors (Lipinski definition) is 1. The maximum absolute atomic E-state index is 11.6. The van der Waals surface area contributed by atoms with Crippen molar-refractivity contribution in [3.63, 3.8) is 0 Å². The topological polar surface area (TPSA) is 63.3 Å². The summed E-state index contributed by atoms with van der Waals surface area (Å²) in [5.41, 5.74) is 8.91. The second kappa shape index (κ2) is 9.21. The highest BCUT2D eigenvalue weighted by Gasteiger charge is 2.51. The monoisotopic (exact) mass is 485 g/mol. The number of carboxylic acids is 1. The number of carbonyl (C=O) groups is 1. The van der Waals surface area contributed by atoms with E-state index in [0.717, 1.165) is 45.7 Å². The lowest BCUT2D eigenvalue weighted by Crippen LogP contribution is -2.19. The van der Waals surface area contributed by atoms with Crippen molar-refractivity contribution in [2.24, 2.45) is 0 Å². The van der Waals surface area contributed by atoms with Crippen LogP contribution in [0.15, 0.2) is 108 Å². The normalized spacial score (nSPS) is 13.9. The van der Waals surface area contributed by atoms with E-state index in [4.69, 9.17) is 4.52 Å². The summed E-state index contributed by atoms with van der Waals surface area (Å²) in [5.74, 6) is 0.0659. The first kappa shape index (κ1) is 23.0. The zero-order valence-electron chi connectivity index (χ0n) is 20.6. The van der Waals surface area contributed by atoms with Gasteiger partial charge < -0.3 is 9.63 Å². The zero-order valence-corrected chi connectivity index (χ0v) is 20.6. The quantitative estimate of drug-likeness (QED) is 0.257. The Morgan fingerprint density at radius 1 is 0.784 bits per heavy atom. The first-order valence-electron chi connectivity index (χ1n) is 12.6. The molecule has 1 aliphatic rings. The predicted octanol–water partition coefficient (Wildman–Crippen LogP) is 7.69. The molecule has 0 saturated heterocycles. The molecule has 5 aromatic rings. The molecule has 0 atom stereocenters. The van der Waals surface area contributed by atoms with Crippen molar-refractivity contribution < 1.29 is 14.4 Å². The number of aromatic nitrogens is 1. The second-order valence-corrected chi connectivity index (χ2v) is 9.86. The highest BCUT2D eigenvalue weighted by molar-refractivity contribution is 5.85. The van der Waals surface area contributed by atoms with Gasteiger partial charge in [0.2, 0.25) is 0 Å². The molecule has 1 saturated carbocycles. The molecule has 1 heterocycles. The molecule has 4 heteroatoms. The van der Waals surface area contributed by atoms with Gasteiger partial charge in [-0.2, -0.15) is 0 Å². The summed E-state index contributed by atoms with van der Waals surface area (Å²) in [6.45, 7) is 1.99. The number of hydrogen-bond acceptors (Lipinski definition) is 3. The molecule has 1 fully saturated rings. The Hall–Kier alpha value is -4.44. The molecular formula is C33H27NO3. The molecule has 0 bridgehead atoms. The Kier molecular flexibility index (Phi) is 5.72. The van der Waals surface area contributed by atoms with Crippen molar-refractivity contribution in [3.05, 3.63) is 126 Å². The molecule has 0 radical (unpaired) electrons. The lowest BCUT2D eigenvalue weighted by Gasteiger charge is -2.11. The van der Waals surface area contributed by atoms with E-state index >= 15 is 0 Å². The number of aryl methyl sites for hydroxylation is 1. The Labute approximate surface area is 216 Å². The molecule has 0 spiro atoms. The van der Waals surface area contributed by atoms with Gasteiger partial charge in [-0.05, 0) is 53.1 Å². The number of aliphatic carboxylic acids is 1. The average Bonchev–Trinajstić information content (AvgIpc) is 3.69. The Balaban J connectivity index is 1.24. The van der Waals surface area contributed by atoms with Gasteiger partial charge in [0.25, 0.3) is 0 Å². The van der Waals surface area contributed by atoms with E-state index in [1.807, 2.05) is 37.3 Å². The van der Waals surface area contributed by atoms with Crippen LogP contribution < -0.4 is 0 Å². The molecule has 1 aromatic heterocycles. The SMILES string of the molecule is Cc1noc(-c2ccc(-c3ccc(C4(C(=O)O)CC4)cc3)cc2)c1Cc1cccc(-c2ccccc2)c1. The van der Waals surface area contributed by atoms with Gasteiger partial charge >= 0.3 is 5.97 Å². The van der Waals surface area contributed by atoms with E-state index in [-0.39, 0.29) is 0 Å². The van der Waals surface area contributed by atoms with Crippen LogP contribution >= 0.6 is 0 Å². The fourth-order valence-corrected chi connectivity index (χ4v) is 5.07. The van der Waals surface area contributed by atoms with Gasteiger partial charge in [0.05, 0.1) is 11.1 Å². The summed E-state index contributed by atoms with van der Waals surface area (Å²) in [6.07, 6.45) is 2.16. The molecule has 4 aromatic carbocycles. The maximum atomic E-state index is 11.6. The standard InChI is InChI=1S/C33H27NO3/c1-22-30(21-23-6-5-9-28(20-23)24-7-3-2-4-8-24)31(37-34-22)27-12-10-25(11-13-27)26-14-16-29(17-15-26)33(18-19-33)32(35)36/h2-17,20H,18-19,21H2,1H3,(H,35,36). The molecular weight excluding hydrogens is 458 g/mol. The summed E-state index contributed by atoms with van der Waals surface area (Å²) < 4.78 is 5.79. The van der Waals surface area contributed by atoms with E-state index in [2.05, 4.69) is 78.0 Å². The minimum absolute atomic E-state index is 0.677. The summed E-state index contributed by atoms with van der Waals surface area (Å²) >= 11 is 0. The van der Waals surface area contributed by atoms with Crippen LogP contribution in [0.5, 0.6) is 0 Å². The zero-order chi connectivity index (χ0) is 25.4. The Bertz CT molecular complexity index is 1560. The summed E-state index contributed by atoms with van der Waals surface area (Å²) in [5, 5.41) is 13.8. The van der Waals surface area contributed by atoms with Crippen LogP contribution in [0.25, 0.3) is 33.6 Å². The number of rotatable bonds is 7.